The van der Waals surface area contributed by atoms with Crippen LogP contribution in [0.2, 0.25) is 0 Å². The van der Waals surface area contributed by atoms with Crippen LogP contribution >= 0.6 is 0 Å². The van der Waals surface area contributed by atoms with Gasteiger partial charge in [0.1, 0.15) is 0 Å². The Morgan fingerprint density at radius 1 is 1.26 bits per heavy atom. The van der Waals surface area contributed by atoms with Crippen molar-refractivity contribution in [2.75, 3.05) is 17.7 Å². The van der Waals surface area contributed by atoms with Crippen LogP contribution in [0, 0.1) is 0 Å². The Morgan fingerprint density at radius 3 is 2.79 bits per heavy atom. The van der Waals surface area contributed by atoms with Crippen molar-refractivity contribution in [2.24, 2.45) is 0 Å². The lowest BCUT2D eigenvalue weighted by atomic mass is 10.1. The van der Waals surface area contributed by atoms with Gasteiger partial charge in [0.2, 0.25) is 0 Å². The maximum Gasteiger partial charge on any atom is 0.169 e. The van der Waals surface area contributed by atoms with Crippen molar-refractivity contribution in [3.05, 3.63) is 48.2 Å². The molecule has 2 aromatic rings. The molecule has 0 saturated heterocycles. The fraction of sp³-hybridized carbons (Fsp3) is 0.267. The first-order valence-electron chi connectivity index (χ1n) is 6.41. The average Bonchev–Trinajstić information content (AvgIpc) is 2.41. The molecule has 4 nitrogen and oxygen atoms in total. The summed E-state index contributed by atoms with van der Waals surface area (Å²) in [5.74, 6) is 1.49. The van der Waals surface area contributed by atoms with Gasteiger partial charge in [0.05, 0.1) is 12.6 Å². The van der Waals surface area contributed by atoms with E-state index >= 15 is 0 Å². The number of anilines is 2. The lowest BCUT2D eigenvalue weighted by molar-refractivity contribution is 0.340. The van der Waals surface area contributed by atoms with Gasteiger partial charge < -0.3 is 15.8 Å². The summed E-state index contributed by atoms with van der Waals surface area (Å²) < 4.78 is 5.55. The van der Waals surface area contributed by atoms with Crippen molar-refractivity contribution in [2.45, 2.75) is 19.9 Å². The lowest BCUT2D eigenvalue weighted by Crippen LogP contribution is -2.11. The highest BCUT2D eigenvalue weighted by Crippen LogP contribution is 2.27. The normalized spacial score (nSPS) is 11.9. The van der Waals surface area contributed by atoms with E-state index in [1.54, 1.807) is 6.20 Å². The fourth-order valence-corrected chi connectivity index (χ4v) is 1.96. The molecule has 2 rings (SSSR count). The molecule has 1 atom stereocenters. The van der Waals surface area contributed by atoms with Crippen LogP contribution in [-0.2, 0) is 0 Å². The molecule has 0 spiro atoms. The van der Waals surface area contributed by atoms with Crippen LogP contribution in [0.3, 0.4) is 0 Å². The number of benzene rings is 1. The van der Waals surface area contributed by atoms with Gasteiger partial charge >= 0.3 is 0 Å². The molecule has 0 aliphatic rings. The van der Waals surface area contributed by atoms with Crippen LogP contribution in [0.1, 0.15) is 25.5 Å². The highest BCUT2D eigenvalue weighted by Gasteiger charge is 2.11. The first kappa shape index (κ1) is 13.2. The molecule has 0 aliphatic heterocycles. The first-order chi connectivity index (χ1) is 9.22. The van der Waals surface area contributed by atoms with Crippen molar-refractivity contribution >= 4 is 11.5 Å². The zero-order valence-electron chi connectivity index (χ0n) is 11.3. The number of para-hydroxylation sites is 1. The summed E-state index contributed by atoms with van der Waals surface area (Å²) in [6, 6.07) is 11.6. The largest absolute Gasteiger partial charge is 0.490 e. The maximum absolute atomic E-state index is 5.98. The third-order valence-corrected chi connectivity index (χ3v) is 2.89. The van der Waals surface area contributed by atoms with E-state index in [1.165, 1.54) is 0 Å². The van der Waals surface area contributed by atoms with E-state index < -0.39 is 0 Å². The molecular formula is C15H19N3O. The summed E-state index contributed by atoms with van der Waals surface area (Å²) in [5, 5.41) is 3.34. The Bertz CT molecular complexity index is 542. The number of ether oxygens (including phenoxy) is 1. The van der Waals surface area contributed by atoms with Gasteiger partial charge in [0, 0.05) is 11.9 Å². The quantitative estimate of drug-likeness (QED) is 0.807. The Hall–Kier alpha value is -2.23. The van der Waals surface area contributed by atoms with Crippen molar-refractivity contribution in [1.82, 2.24) is 4.98 Å². The molecule has 0 saturated carbocycles. The van der Waals surface area contributed by atoms with Gasteiger partial charge in [-0.15, -0.1) is 0 Å². The SMILES string of the molecule is CCOc1cccnc1NC(C)c1ccccc1N. The molecule has 19 heavy (non-hydrogen) atoms. The van der Waals surface area contributed by atoms with Crippen LogP contribution in [0.25, 0.3) is 0 Å². The standard InChI is InChI=1S/C15H19N3O/c1-3-19-14-9-6-10-17-15(14)18-11(2)12-7-4-5-8-13(12)16/h4-11H,3,16H2,1-2H3,(H,17,18). The average molecular weight is 257 g/mol. The van der Waals surface area contributed by atoms with E-state index in [9.17, 15) is 0 Å². The number of hydrogen-bond acceptors (Lipinski definition) is 4. The molecule has 4 heteroatoms. The van der Waals surface area contributed by atoms with Crippen molar-refractivity contribution in [3.63, 3.8) is 0 Å². The molecule has 1 aromatic carbocycles. The number of nitrogen functional groups attached to an aromatic ring is 1. The zero-order chi connectivity index (χ0) is 13.7. The second-order valence-electron chi connectivity index (χ2n) is 4.28. The minimum atomic E-state index is 0.0651. The number of nitrogens with two attached hydrogens (primary N) is 1. The fourth-order valence-electron chi connectivity index (χ4n) is 1.96. The third kappa shape index (κ3) is 3.16. The summed E-state index contributed by atoms with van der Waals surface area (Å²) in [5.41, 5.74) is 7.81. The Labute approximate surface area is 113 Å². The van der Waals surface area contributed by atoms with Crippen molar-refractivity contribution < 1.29 is 4.74 Å². The smallest absolute Gasteiger partial charge is 0.169 e. The van der Waals surface area contributed by atoms with Gasteiger partial charge in [-0.25, -0.2) is 4.98 Å². The number of nitrogens with one attached hydrogen (secondary N) is 1. The van der Waals surface area contributed by atoms with E-state index in [4.69, 9.17) is 10.5 Å². The van der Waals surface area contributed by atoms with E-state index in [-0.39, 0.29) is 6.04 Å². The number of nitrogens with zero attached hydrogens (tertiary/aromatic N) is 1. The molecule has 100 valence electrons. The molecule has 0 fully saturated rings. The maximum atomic E-state index is 5.98. The van der Waals surface area contributed by atoms with Gasteiger partial charge in [-0.3, -0.25) is 0 Å². The monoisotopic (exact) mass is 257 g/mol. The summed E-state index contributed by atoms with van der Waals surface area (Å²) in [4.78, 5) is 4.32. The van der Waals surface area contributed by atoms with Crippen LogP contribution in [-0.4, -0.2) is 11.6 Å². The third-order valence-electron chi connectivity index (χ3n) is 2.89. The Morgan fingerprint density at radius 2 is 2.05 bits per heavy atom. The molecular weight excluding hydrogens is 238 g/mol. The molecule has 1 aromatic heterocycles. The van der Waals surface area contributed by atoms with Gasteiger partial charge in [0.15, 0.2) is 11.6 Å². The molecule has 0 aliphatic carbocycles. The van der Waals surface area contributed by atoms with Crippen molar-refractivity contribution in [1.29, 1.82) is 0 Å². The number of aromatic nitrogens is 1. The predicted molar refractivity (Wildman–Crippen MR) is 78.3 cm³/mol. The first-order valence-corrected chi connectivity index (χ1v) is 6.41. The van der Waals surface area contributed by atoms with E-state index in [0.717, 1.165) is 22.8 Å². The summed E-state index contributed by atoms with van der Waals surface area (Å²) in [6.45, 7) is 4.62. The predicted octanol–water partition coefficient (Wildman–Crippen LogP) is 3.24. The van der Waals surface area contributed by atoms with E-state index in [2.05, 4.69) is 17.2 Å². The molecule has 0 bridgehead atoms. The molecule has 3 N–H and O–H groups in total. The highest BCUT2D eigenvalue weighted by atomic mass is 16.5. The van der Waals surface area contributed by atoms with Gasteiger partial charge in [-0.1, -0.05) is 18.2 Å². The number of hydrogen-bond donors (Lipinski definition) is 2. The second kappa shape index (κ2) is 6.09. The van der Waals surface area contributed by atoms with E-state index in [1.807, 2.05) is 43.3 Å². The van der Waals surface area contributed by atoms with Crippen LogP contribution in [0.15, 0.2) is 42.6 Å². The van der Waals surface area contributed by atoms with Crippen LogP contribution in [0.5, 0.6) is 5.75 Å². The molecule has 0 radical (unpaired) electrons. The number of pyridine rings is 1. The lowest BCUT2D eigenvalue weighted by Gasteiger charge is -2.18. The topological polar surface area (TPSA) is 60.2 Å². The zero-order valence-corrected chi connectivity index (χ0v) is 11.3. The Kier molecular flexibility index (Phi) is 4.23. The second-order valence-corrected chi connectivity index (χ2v) is 4.28. The van der Waals surface area contributed by atoms with Gasteiger partial charge in [-0.05, 0) is 37.6 Å². The van der Waals surface area contributed by atoms with E-state index in [0.29, 0.717) is 6.61 Å². The van der Waals surface area contributed by atoms with Crippen LogP contribution in [0.4, 0.5) is 11.5 Å². The summed E-state index contributed by atoms with van der Waals surface area (Å²) in [6.07, 6.45) is 1.74. The Balaban J connectivity index is 2.19. The van der Waals surface area contributed by atoms with Gasteiger partial charge in [0.25, 0.3) is 0 Å². The van der Waals surface area contributed by atoms with Crippen molar-refractivity contribution in [3.8, 4) is 5.75 Å². The summed E-state index contributed by atoms with van der Waals surface area (Å²) in [7, 11) is 0. The minimum absolute atomic E-state index is 0.0651. The molecule has 1 unspecified atom stereocenters. The number of rotatable bonds is 5. The summed E-state index contributed by atoms with van der Waals surface area (Å²) >= 11 is 0. The molecule has 1 heterocycles. The van der Waals surface area contributed by atoms with Gasteiger partial charge in [-0.2, -0.15) is 0 Å². The molecule has 0 amide bonds. The highest BCUT2D eigenvalue weighted by molar-refractivity contribution is 5.55. The van der Waals surface area contributed by atoms with Crippen LogP contribution < -0.4 is 15.8 Å². The minimum Gasteiger partial charge on any atom is -0.490 e.